The lowest BCUT2D eigenvalue weighted by atomic mass is 10.0. The molecule has 8 nitrogen and oxygen atoms in total. The van der Waals surface area contributed by atoms with Crippen LogP contribution in [0.3, 0.4) is 0 Å². The number of nitrogens with one attached hydrogen (secondary N) is 1. The van der Waals surface area contributed by atoms with E-state index in [1.165, 1.54) is 116 Å². The van der Waals surface area contributed by atoms with E-state index in [0.717, 1.165) is 38.5 Å². The molecule has 0 aromatic rings. The fraction of sp³-hybridized carbons (Fsp3) is 0.921. The monoisotopic (exact) mass is 690 g/mol. The van der Waals surface area contributed by atoms with Gasteiger partial charge in [0.15, 0.2) is 0 Å². The van der Waals surface area contributed by atoms with Crippen LogP contribution in [0.2, 0.25) is 0 Å². The predicted molar refractivity (Wildman–Crippen MR) is 198 cm³/mol. The maximum absolute atomic E-state index is 12.8. The molecule has 9 heteroatoms. The summed E-state index contributed by atoms with van der Waals surface area (Å²) in [6, 6.07) is -0.837. The zero-order valence-electron chi connectivity index (χ0n) is 31.5. The maximum Gasteiger partial charge on any atom is 0.472 e. The van der Waals surface area contributed by atoms with Crippen molar-refractivity contribution in [2.24, 2.45) is 0 Å². The second-order valence-corrected chi connectivity index (χ2v) is 16.1. The van der Waals surface area contributed by atoms with Crippen molar-refractivity contribution in [2.45, 2.75) is 187 Å². The first-order valence-electron chi connectivity index (χ1n) is 19.6. The van der Waals surface area contributed by atoms with E-state index in [9.17, 15) is 19.4 Å². The number of allylic oxidation sites excluding steroid dienone is 1. The van der Waals surface area contributed by atoms with E-state index >= 15 is 0 Å². The summed E-state index contributed by atoms with van der Waals surface area (Å²) < 4.78 is 23.4. The second kappa shape index (κ2) is 31.2. The highest BCUT2D eigenvalue weighted by Crippen LogP contribution is 2.43. The van der Waals surface area contributed by atoms with Gasteiger partial charge in [-0.15, -0.1) is 0 Å². The molecule has 0 fully saturated rings. The molecule has 3 N–H and O–H groups in total. The summed E-state index contributed by atoms with van der Waals surface area (Å²) in [5.74, 6) is -0.178. The zero-order chi connectivity index (χ0) is 35.1. The van der Waals surface area contributed by atoms with Gasteiger partial charge in [-0.25, -0.2) is 4.57 Å². The standard InChI is InChI=1S/C38H77N2O6P/c1-6-8-10-12-14-16-18-19-20-21-22-24-26-28-30-32-38(42)39-36(35-46-47(43,44)45-34-33-40(3,4)5)37(41)31-29-27-25-23-17-15-13-11-9-7-2/h29,31,36-37,41H,6-28,30,32-35H2,1-5H3,(H-,39,42,43,44)/p+1/b31-29+. The average molecular weight is 690 g/mol. The zero-order valence-corrected chi connectivity index (χ0v) is 32.4. The molecule has 0 heterocycles. The molecule has 0 rings (SSSR count). The number of hydrogen-bond acceptors (Lipinski definition) is 5. The number of carbonyl (C=O) groups is 1. The van der Waals surface area contributed by atoms with Crippen molar-refractivity contribution in [3.63, 3.8) is 0 Å². The van der Waals surface area contributed by atoms with Gasteiger partial charge in [0.25, 0.3) is 0 Å². The molecular weight excluding hydrogens is 611 g/mol. The lowest BCUT2D eigenvalue weighted by Crippen LogP contribution is -2.45. The molecule has 47 heavy (non-hydrogen) atoms. The number of phosphoric ester groups is 1. The van der Waals surface area contributed by atoms with Crippen LogP contribution in [-0.4, -0.2) is 73.4 Å². The summed E-state index contributed by atoms with van der Waals surface area (Å²) in [6.07, 6.45) is 32.7. The van der Waals surface area contributed by atoms with Crippen molar-refractivity contribution >= 4 is 13.7 Å². The Morgan fingerprint density at radius 1 is 0.702 bits per heavy atom. The first kappa shape index (κ1) is 46.2. The predicted octanol–water partition coefficient (Wildman–Crippen LogP) is 10.0. The number of nitrogens with zero attached hydrogens (tertiary/aromatic N) is 1. The summed E-state index contributed by atoms with van der Waals surface area (Å²) in [5.41, 5.74) is 0. The van der Waals surface area contributed by atoms with Crippen LogP contribution >= 0.6 is 7.82 Å². The normalized spacial score (nSPS) is 14.8. The van der Waals surface area contributed by atoms with Crippen LogP contribution in [0.15, 0.2) is 12.2 Å². The van der Waals surface area contributed by atoms with Crippen molar-refractivity contribution < 1.29 is 32.9 Å². The van der Waals surface area contributed by atoms with Crippen molar-refractivity contribution in [3.8, 4) is 0 Å². The lowest BCUT2D eigenvalue weighted by Gasteiger charge is -2.25. The van der Waals surface area contributed by atoms with Gasteiger partial charge in [-0.05, 0) is 19.3 Å². The van der Waals surface area contributed by atoms with Crippen molar-refractivity contribution in [3.05, 3.63) is 12.2 Å². The van der Waals surface area contributed by atoms with E-state index in [4.69, 9.17) is 9.05 Å². The molecule has 0 aliphatic heterocycles. The average Bonchev–Trinajstić information content (AvgIpc) is 3.01. The molecule has 0 saturated heterocycles. The summed E-state index contributed by atoms with van der Waals surface area (Å²) in [7, 11) is 1.58. The Balaban J connectivity index is 4.45. The summed E-state index contributed by atoms with van der Waals surface area (Å²) in [4.78, 5) is 23.0. The van der Waals surface area contributed by atoms with Gasteiger partial charge in [-0.2, -0.15) is 0 Å². The van der Waals surface area contributed by atoms with E-state index in [1.54, 1.807) is 6.08 Å². The fourth-order valence-electron chi connectivity index (χ4n) is 5.57. The highest BCUT2D eigenvalue weighted by molar-refractivity contribution is 7.47. The van der Waals surface area contributed by atoms with E-state index in [1.807, 2.05) is 27.2 Å². The first-order chi connectivity index (χ1) is 22.5. The van der Waals surface area contributed by atoms with E-state index in [-0.39, 0.29) is 19.1 Å². The molecule has 0 radical (unpaired) electrons. The number of rotatable bonds is 35. The minimum Gasteiger partial charge on any atom is -0.387 e. The first-order valence-corrected chi connectivity index (χ1v) is 21.1. The Morgan fingerprint density at radius 3 is 1.57 bits per heavy atom. The molecule has 3 atom stereocenters. The SMILES string of the molecule is CCCCCCCCCC/C=C/C(O)C(COP(=O)(O)OCC[N+](C)(C)C)NC(=O)CCCCCCCCCCCCCCCCC. The molecule has 0 bridgehead atoms. The number of amides is 1. The highest BCUT2D eigenvalue weighted by atomic mass is 31.2. The van der Waals surface area contributed by atoms with Crippen LogP contribution in [-0.2, 0) is 18.4 Å². The number of carbonyl (C=O) groups excluding carboxylic acids is 1. The lowest BCUT2D eigenvalue weighted by molar-refractivity contribution is -0.870. The molecule has 280 valence electrons. The molecule has 0 aromatic heterocycles. The van der Waals surface area contributed by atoms with Crippen LogP contribution in [0, 0.1) is 0 Å². The molecule has 0 aromatic carbocycles. The Labute approximate surface area is 291 Å². The number of unbranched alkanes of at least 4 members (excludes halogenated alkanes) is 22. The van der Waals surface area contributed by atoms with Gasteiger partial charge in [0.2, 0.25) is 5.91 Å². The van der Waals surface area contributed by atoms with Crippen molar-refractivity contribution in [2.75, 3.05) is 40.9 Å². The number of likely N-dealkylation sites (N-methyl/N-ethyl adjacent to an activating group) is 1. The molecule has 0 spiro atoms. The minimum absolute atomic E-state index is 0.0640. The van der Waals surface area contributed by atoms with Gasteiger partial charge in [0, 0.05) is 6.42 Å². The summed E-state index contributed by atoms with van der Waals surface area (Å²) in [5, 5.41) is 13.7. The second-order valence-electron chi connectivity index (χ2n) is 14.7. The Bertz CT molecular complexity index is 789. The highest BCUT2D eigenvalue weighted by Gasteiger charge is 2.27. The van der Waals surface area contributed by atoms with E-state index in [2.05, 4.69) is 19.2 Å². The van der Waals surface area contributed by atoms with Crippen LogP contribution < -0.4 is 5.32 Å². The maximum atomic E-state index is 12.8. The van der Waals surface area contributed by atoms with Crippen molar-refractivity contribution in [1.82, 2.24) is 5.32 Å². The fourth-order valence-corrected chi connectivity index (χ4v) is 6.31. The quantitative estimate of drug-likeness (QED) is 0.0265. The van der Waals surface area contributed by atoms with Gasteiger partial charge in [0.05, 0.1) is 39.9 Å². The van der Waals surface area contributed by atoms with Crippen LogP contribution in [0.1, 0.15) is 174 Å². The van der Waals surface area contributed by atoms with Gasteiger partial charge < -0.3 is 19.8 Å². The van der Waals surface area contributed by atoms with Gasteiger partial charge in [-0.1, -0.05) is 161 Å². The van der Waals surface area contributed by atoms with Gasteiger partial charge >= 0.3 is 7.82 Å². The smallest absolute Gasteiger partial charge is 0.387 e. The van der Waals surface area contributed by atoms with Gasteiger partial charge in [-0.3, -0.25) is 13.8 Å². The summed E-state index contributed by atoms with van der Waals surface area (Å²) >= 11 is 0. The number of phosphoric acid groups is 1. The Kier molecular flexibility index (Phi) is 30.7. The number of quaternary nitrogens is 1. The number of aliphatic hydroxyl groups excluding tert-OH is 1. The molecule has 0 aliphatic carbocycles. The third kappa shape index (κ3) is 33.5. The van der Waals surface area contributed by atoms with E-state index < -0.39 is 20.0 Å². The molecule has 3 unspecified atom stereocenters. The Hall–Kier alpha value is -0.760. The van der Waals surface area contributed by atoms with Gasteiger partial charge in [0.1, 0.15) is 13.2 Å². The third-order valence-electron chi connectivity index (χ3n) is 8.76. The molecule has 1 amide bonds. The topological polar surface area (TPSA) is 105 Å². The molecular formula is C38H78N2O6P+. The van der Waals surface area contributed by atoms with Crippen LogP contribution in [0.4, 0.5) is 0 Å². The van der Waals surface area contributed by atoms with Crippen molar-refractivity contribution in [1.29, 1.82) is 0 Å². The van der Waals surface area contributed by atoms with Crippen LogP contribution in [0.5, 0.6) is 0 Å². The minimum atomic E-state index is -4.32. The van der Waals surface area contributed by atoms with E-state index in [0.29, 0.717) is 17.4 Å². The summed E-state index contributed by atoms with van der Waals surface area (Å²) in [6.45, 7) is 4.78. The molecule has 0 saturated carbocycles. The Morgan fingerprint density at radius 2 is 1.13 bits per heavy atom. The number of hydrogen-bond donors (Lipinski definition) is 3. The molecule has 0 aliphatic rings. The largest absolute Gasteiger partial charge is 0.472 e. The van der Waals surface area contributed by atoms with Crippen LogP contribution in [0.25, 0.3) is 0 Å². The number of aliphatic hydroxyl groups is 1. The third-order valence-corrected chi connectivity index (χ3v) is 9.74.